The van der Waals surface area contributed by atoms with Gasteiger partial charge in [-0.1, -0.05) is 61.3 Å². The molecular weight excluding hydrogens is 559 g/mol. The molecule has 1 amide bonds. The number of halogens is 1. The number of nitrogens with one attached hydrogen (secondary N) is 1. The minimum atomic E-state index is -0.604. The van der Waals surface area contributed by atoms with Gasteiger partial charge in [-0.3, -0.25) is 4.36 Å². The molecule has 3 aliphatic carbocycles. The van der Waals surface area contributed by atoms with Gasteiger partial charge in [0.25, 0.3) is 0 Å². The molecule has 1 aliphatic heterocycles. The van der Waals surface area contributed by atoms with Crippen LogP contribution in [-0.4, -0.2) is 43.7 Å². The van der Waals surface area contributed by atoms with E-state index in [1.54, 1.807) is 6.26 Å². The number of para-hydroxylation sites is 1. The molecule has 4 fully saturated rings. The summed E-state index contributed by atoms with van der Waals surface area (Å²) in [6, 6.07) is 13.6. The highest BCUT2D eigenvalue weighted by Gasteiger charge is 2.68. The first-order chi connectivity index (χ1) is 19.6. The summed E-state index contributed by atoms with van der Waals surface area (Å²) in [7, 11) is 0.914. The second kappa shape index (κ2) is 11.1. The molecule has 1 aromatic heterocycles. The van der Waals surface area contributed by atoms with Gasteiger partial charge < -0.3 is 23.8 Å². The van der Waals surface area contributed by atoms with E-state index < -0.39 is 19.2 Å². The van der Waals surface area contributed by atoms with Crippen molar-refractivity contribution in [2.45, 2.75) is 76.1 Å². The molecule has 4 aliphatic rings. The molecule has 3 aromatic rings. The van der Waals surface area contributed by atoms with Crippen molar-refractivity contribution in [1.29, 1.82) is 0 Å². The van der Waals surface area contributed by atoms with Crippen molar-refractivity contribution in [2.75, 3.05) is 12.8 Å². The van der Waals surface area contributed by atoms with E-state index >= 15 is 0 Å². The summed E-state index contributed by atoms with van der Waals surface area (Å²) in [4.78, 5) is 14.4. The molecule has 0 radical (unpaired) electrons. The number of carbonyl (C=O) groups is 1. The number of alkyl carbamates (subject to hydrolysis) is 1. The van der Waals surface area contributed by atoms with Gasteiger partial charge in [0.2, 0.25) is 0 Å². The Morgan fingerprint density at radius 1 is 1.22 bits per heavy atom. The van der Waals surface area contributed by atoms with Crippen molar-refractivity contribution in [3.63, 3.8) is 0 Å². The van der Waals surface area contributed by atoms with Crippen LogP contribution in [0.5, 0.6) is 0 Å². The first-order valence-electron chi connectivity index (χ1n) is 14.4. The molecule has 0 spiro atoms. The van der Waals surface area contributed by atoms with Crippen LogP contribution in [0.25, 0.3) is 11.0 Å². The Bertz CT molecular complexity index is 1490. The first kappa shape index (κ1) is 28.8. The fourth-order valence-corrected chi connectivity index (χ4v) is 8.93. The summed E-state index contributed by atoms with van der Waals surface area (Å²) in [5, 5.41) is 4.70. The highest BCUT2D eigenvalue weighted by molar-refractivity contribution is 7.87. The quantitative estimate of drug-likeness (QED) is 0.283. The predicted octanol–water partition coefficient (Wildman–Crippen LogP) is 7.00. The van der Waals surface area contributed by atoms with Gasteiger partial charge in [-0.2, -0.15) is 0 Å². The number of furan rings is 1. The van der Waals surface area contributed by atoms with Gasteiger partial charge >= 0.3 is 13.2 Å². The highest BCUT2D eigenvalue weighted by atomic mass is 35.5. The molecule has 10 heteroatoms. The Labute approximate surface area is 249 Å². The zero-order valence-electron chi connectivity index (χ0n) is 24.3. The molecule has 6 atom stereocenters. The second-order valence-electron chi connectivity index (χ2n) is 12.2. The number of ether oxygens (including phenoxy) is 1. The molecule has 7 rings (SSSR count). The van der Waals surface area contributed by atoms with Crippen molar-refractivity contribution in [3.05, 3.63) is 64.9 Å². The normalized spacial score (nSPS) is 27.8. The zero-order valence-corrected chi connectivity index (χ0v) is 25.9. The van der Waals surface area contributed by atoms with Gasteiger partial charge in [-0.15, -0.1) is 0 Å². The molecule has 5 unspecified atom stereocenters. The summed E-state index contributed by atoms with van der Waals surface area (Å²) < 4.78 is 29.5. The number of hydrogen-bond acceptors (Lipinski definition) is 6. The molecular formula is C31H38BClN2O5S. The Morgan fingerprint density at radius 3 is 2.78 bits per heavy atom. The van der Waals surface area contributed by atoms with Gasteiger partial charge in [0, 0.05) is 33.7 Å². The summed E-state index contributed by atoms with van der Waals surface area (Å²) in [6.07, 6.45) is 3.84. The van der Waals surface area contributed by atoms with E-state index in [4.69, 9.17) is 30.1 Å². The van der Waals surface area contributed by atoms with Crippen molar-refractivity contribution < 1.29 is 23.3 Å². The van der Waals surface area contributed by atoms with Gasteiger partial charge in [-0.25, -0.2) is 4.79 Å². The first-order valence-corrected chi connectivity index (χ1v) is 16.2. The molecule has 3 saturated carbocycles. The van der Waals surface area contributed by atoms with Crippen LogP contribution >= 0.6 is 11.6 Å². The van der Waals surface area contributed by atoms with Crippen molar-refractivity contribution >= 4 is 46.5 Å². The molecule has 41 heavy (non-hydrogen) atoms. The maximum absolute atomic E-state index is 13.3. The Kier molecular flexibility index (Phi) is 7.77. The van der Waals surface area contributed by atoms with E-state index in [1.165, 1.54) is 0 Å². The van der Waals surface area contributed by atoms with Crippen LogP contribution in [0.4, 0.5) is 4.79 Å². The van der Waals surface area contributed by atoms with E-state index in [9.17, 15) is 4.79 Å². The third-order valence-corrected chi connectivity index (χ3v) is 11.9. The molecule has 2 heterocycles. The molecule has 218 valence electrons. The number of rotatable bonds is 8. The Balaban J connectivity index is 1.22. The standard InChI is InChI=1S/C31H38BClN2O5S/c1-6-41(34-5)25-12-11-22(33)13-20(25)18-38-29(36)35-28(14-19-17-37-24-10-8-7-9-23(19)24)32-39-27-16-21-15-26(30(21,2)3)31(27,4)40-32/h7-13,17,21,26-28H,6,14-16,18H2,1-5H3,(H,35,36)/t21?,26?,27?,28?,31-,41?/m0/s1. The lowest BCUT2D eigenvalue weighted by molar-refractivity contribution is -0.199. The van der Waals surface area contributed by atoms with Crippen LogP contribution < -0.4 is 5.32 Å². The zero-order chi connectivity index (χ0) is 28.9. The number of amides is 1. The lowest BCUT2D eigenvalue weighted by Gasteiger charge is -2.64. The fraction of sp³-hybridized carbons (Fsp3) is 0.516. The number of fused-ring (bicyclic) bond motifs is 1. The summed E-state index contributed by atoms with van der Waals surface area (Å²) >= 11 is 6.30. The van der Waals surface area contributed by atoms with Crippen LogP contribution in [0.2, 0.25) is 5.02 Å². The lowest BCUT2D eigenvalue weighted by Crippen LogP contribution is -2.65. The largest absolute Gasteiger partial charge is 0.482 e. The SMILES string of the molecule is CC/S(=N\C)c1ccc(Cl)cc1COC(=O)NC(Cc1coc2ccccc12)B1OC2CC3CC(C3(C)C)[C@]2(C)O1. The van der Waals surface area contributed by atoms with Crippen molar-refractivity contribution in [2.24, 2.45) is 21.6 Å². The number of nitrogens with zero attached hydrogens (tertiary/aromatic N) is 1. The number of hydrogen-bond donors (Lipinski definition) is 1. The van der Waals surface area contributed by atoms with Crippen LogP contribution in [0.1, 0.15) is 51.7 Å². The highest BCUT2D eigenvalue weighted by Crippen LogP contribution is 2.65. The van der Waals surface area contributed by atoms with Crippen LogP contribution in [0.15, 0.2) is 62.4 Å². The molecule has 1 N–H and O–H groups in total. The second-order valence-corrected chi connectivity index (χ2v) is 14.8. The van der Waals surface area contributed by atoms with E-state index in [0.717, 1.165) is 45.6 Å². The van der Waals surface area contributed by atoms with Crippen LogP contribution in [0.3, 0.4) is 0 Å². The maximum Gasteiger partial charge on any atom is 0.482 e. The average molecular weight is 597 g/mol. The molecule has 2 bridgehead atoms. The van der Waals surface area contributed by atoms with Crippen LogP contribution in [-0.2, 0) is 37.8 Å². The Morgan fingerprint density at radius 2 is 2.02 bits per heavy atom. The summed E-state index contributed by atoms with van der Waals surface area (Å²) in [6.45, 7) is 9.05. The number of carbonyl (C=O) groups excluding carboxylic acids is 1. The van der Waals surface area contributed by atoms with Gasteiger partial charge in [0.15, 0.2) is 0 Å². The molecule has 7 nitrogen and oxygen atoms in total. The van der Waals surface area contributed by atoms with E-state index in [1.807, 2.05) is 49.5 Å². The van der Waals surface area contributed by atoms with Crippen LogP contribution in [0, 0.1) is 17.3 Å². The minimum Gasteiger partial charge on any atom is -0.464 e. The predicted molar refractivity (Wildman–Crippen MR) is 163 cm³/mol. The smallest absolute Gasteiger partial charge is 0.464 e. The minimum absolute atomic E-state index is 0.00414. The molecule has 1 saturated heterocycles. The topological polar surface area (TPSA) is 82.3 Å². The third-order valence-electron chi connectivity index (χ3n) is 9.73. The average Bonchev–Trinajstić information content (AvgIpc) is 3.53. The van der Waals surface area contributed by atoms with Crippen molar-refractivity contribution in [3.8, 4) is 0 Å². The maximum atomic E-state index is 13.3. The van der Waals surface area contributed by atoms with E-state index in [0.29, 0.717) is 23.3 Å². The fourth-order valence-electron chi connectivity index (χ4n) is 7.32. The van der Waals surface area contributed by atoms with E-state index in [2.05, 4.69) is 37.4 Å². The van der Waals surface area contributed by atoms with Crippen molar-refractivity contribution in [1.82, 2.24) is 5.32 Å². The van der Waals surface area contributed by atoms with Gasteiger partial charge in [0.05, 0.1) is 23.9 Å². The number of benzene rings is 2. The molecule has 2 aromatic carbocycles. The van der Waals surface area contributed by atoms with Gasteiger partial charge in [-0.05, 0) is 73.3 Å². The Hall–Kier alpha value is -2.33. The summed E-state index contributed by atoms with van der Waals surface area (Å²) in [5.41, 5.74) is 2.48. The lowest BCUT2D eigenvalue weighted by atomic mass is 9.43. The third kappa shape index (κ3) is 5.13. The monoisotopic (exact) mass is 596 g/mol. The van der Waals surface area contributed by atoms with Gasteiger partial charge in [0.1, 0.15) is 12.2 Å². The summed E-state index contributed by atoms with van der Waals surface area (Å²) in [5.74, 6) is 1.45. The van der Waals surface area contributed by atoms with E-state index in [-0.39, 0.29) is 34.4 Å².